The molecule has 0 aliphatic heterocycles. The number of aldehydes is 1. The quantitative estimate of drug-likeness (QED) is 0.758. The molecule has 0 bridgehead atoms. The van der Waals surface area contributed by atoms with Crippen LogP contribution < -0.4 is 0 Å². The molecule has 3 nitrogen and oxygen atoms in total. The van der Waals surface area contributed by atoms with Gasteiger partial charge < -0.3 is 0 Å². The summed E-state index contributed by atoms with van der Waals surface area (Å²) in [5.41, 5.74) is 3.99. The normalized spacial score (nSPS) is 11.6. The Morgan fingerprint density at radius 3 is 2.28 bits per heavy atom. The van der Waals surface area contributed by atoms with Gasteiger partial charge in [0, 0.05) is 29.8 Å². The molecule has 1 aromatic carbocycles. The molecular weight excluding hydrogens is 224 g/mol. The van der Waals surface area contributed by atoms with E-state index in [9.17, 15) is 4.79 Å². The molecule has 1 aromatic heterocycles. The summed E-state index contributed by atoms with van der Waals surface area (Å²) in [6, 6.07) is 7.61. The fourth-order valence-corrected chi connectivity index (χ4v) is 1.99. The Hall–Kier alpha value is -1.90. The molecule has 0 amide bonds. The lowest BCUT2D eigenvalue weighted by molar-refractivity contribution is 0.112. The zero-order valence-corrected chi connectivity index (χ0v) is 11.3. The topological polar surface area (TPSA) is 34.9 Å². The largest absolute Gasteiger partial charge is 0.298 e. The number of aromatic nitrogens is 2. The van der Waals surface area contributed by atoms with Crippen LogP contribution in [0.3, 0.4) is 0 Å². The van der Waals surface area contributed by atoms with Gasteiger partial charge in [-0.15, -0.1) is 0 Å². The summed E-state index contributed by atoms with van der Waals surface area (Å²) in [5.74, 6) is 0. The first-order valence-electron chi connectivity index (χ1n) is 6.01. The Kier molecular flexibility index (Phi) is 3.07. The second-order valence-corrected chi connectivity index (χ2v) is 5.55. The van der Waals surface area contributed by atoms with E-state index in [0.717, 1.165) is 23.1 Å². The van der Waals surface area contributed by atoms with Crippen LogP contribution in [0.1, 0.15) is 36.8 Å². The predicted octanol–water partition coefficient (Wildman–Crippen LogP) is 3.20. The highest BCUT2D eigenvalue weighted by Crippen LogP contribution is 2.31. The van der Waals surface area contributed by atoms with Gasteiger partial charge in [-0.1, -0.05) is 45.0 Å². The molecule has 0 unspecified atom stereocenters. The molecule has 0 N–H and O–H groups in total. The molecule has 2 aromatic rings. The zero-order chi connectivity index (χ0) is 13.3. The fourth-order valence-electron chi connectivity index (χ4n) is 1.99. The summed E-state index contributed by atoms with van der Waals surface area (Å²) in [4.78, 5) is 10.7. The Bertz CT molecular complexity index is 559. The lowest BCUT2D eigenvalue weighted by Gasteiger charge is -2.17. The number of aryl methyl sites for hydroxylation is 1. The molecule has 0 radical (unpaired) electrons. The van der Waals surface area contributed by atoms with Crippen LogP contribution in [0.4, 0.5) is 0 Å². The average Bonchev–Trinajstić information content (AvgIpc) is 2.71. The van der Waals surface area contributed by atoms with E-state index < -0.39 is 0 Å². The minimum Gasteiger partial charge on any atom is -0.298 e. The van der Waals surface area contributed by atoms with E-state index in [2.05, 4.69) is 25.9 Å². The monoisotopic (exact) mass is 242 g/mol. The van der Waals surface area contributed by atoms with Crippen molar-refractivity contribution in [2.24, 2.45) is 7.05 Å². The molecule has 1 heterocycles. The number of carbonyl (C=O) groups is 1. The molecular formula is C15H18N2O. The molecule has 0 fully saturated rings. The number of rotatable bonds is 2. The van der Waals surface area contributed by atoms with E-state index in [4.69, 9.17) is 0 Å². The molecule has 94 valence electrons. The molecule has 18 heavy (non-hydrogen) atoms. The average molecular weight is 242 g/mol. The van der Waals surface area contributed by atoms with Gasteiger partial charge in [-0.2, -0.15) is 5.10 Å². The van der Waals surface area contributed by atoms with Crippen LogP contribution in [0.15, 0.2) is 30.5 Å². The van der Waals surface area contributed by atoms with Gasteiger partial charge in [0.1, 0.15) is 6.29 Å². The summed E-state index contributed by atoms with van der Waals surface area (Å²) in [6.07, 6.45) is 2.88. The van der Waals surface area contributed by atoms with Gasteiger partial charge in [-0.3, -0.25) is 9.48 Å². The number of hydrogen-bond donors (Lipinski definition) is 0. The zero-order valence-electron chi connectivity index (χ0n) is 11.3. The highest BCUT2D eigenvalue weighted by molar-refractivity contribution is 5.77. The Labute approximate surface area is 107 Å². The lowest BCUT2D eigenvalue weighted by atomic mass is 9.87. The number of hydrogen-bond acceptors (Lipinski definition) is 2. The van der Waals surface area contributed by atoms with Gasteiger partial charge in [0.25, 0.3) is 0 Å². The maximum Gasteiger partial charge on any atom is 0.150 e. The van der Waals surface area contributed by atoms with Crippen molar-refractivity contribution in [1.29, 1.82) is 0 Å². The molecule has 0 aliphatic carbocycles. The molecule has 0 aliphatic rings. The van der Waals surface area contributed by atoms with Crippen molar-refractivity contribution in [3.05, 3.63) is 41.7 Å². The number of benzene rings is 1. The van der Waals surface area contributed by atoms with Crippen molar-refractivity contribution in [3.8, 4) is 11.1 Å². The third-order valence-electron chi connectivity index (χ3n) is 2.90. The SMILES string of the molecule is Cn1cc(-c2ccc(C=O)cc2)c(C(C)(C)C)n1. The first kappa shape index (κ1) is 12.6. The van der Waals surface area contributed by atoms with Gasteiger partial charge in [-0.25, -0.2) is 0 Å². The van der Waals surface area contributed by atoms with E-state index >= 15 is 0 Å². The number of carbonyl (C=O) groups excluding carboxylic acids is 1. The smallest absolute Gasteiger partial charge is 0.150 e. The Morgan fingerprint density at radius 1 is 1.17 bits per heavy atom. The van der Waals surface area contributed by atoms with E-state index in [-0.39, 0.29) is 5.41 Å². The molecule has 0 spiro atoms. The molecule has 0 atom stereocenters. The summed E-state index contributed by atoms with van der Waals surface area (Å²) in [6.45, 7) is 6.45. The second kappa shape index (κ2) is 4.41. The number of nitrogens with zero attached hydrogens (tertiary/aromatic N) is 2. The van der Waals surface area contributed by atoms with Crippen molar-refractivity contribution in [2.45, 2.75) is 26.2 Å². The van der Waals surface area contributed by atoms with Crippen molar-refractivity contribution in [2.75, 3.05) is 0 Å². The van der Waals surface area contributed by atoms with Gasteiger partial charge in [0.2, 0.25) is 0 Å². The third-order valence-corrected chi connectivity index (χ3v) is 2.90. The minimum absolute atomic E-state index is 0.0000755. The van der Waals surface area contributed by atoms with E-state index in [1.807, 2.05) is 42.2 Å². The lowest BCUT2D eigenvalue weighted by Crippen LogP contribution is -2.13. The van der Waals surface area contributed by atoms with Crippen LogP contribution >= 0.6 is 0 Å². The first-order chi connectivity index (χ1) is 8.41. The van der Waals surface area contributed by atoms with Gasteiger partial charge in [0.15, 0.2) is 0 Å². The van der Waals surface area contributed by atoms with Crippen molar-refractivity contribution in [1.82, 2.24) is 9.78 Å². The molecule has 2 rings (SSSR count). The standard InChI is InChI=1S/C15H18N2O/c1-15(2,3)14-13(9-17(4)16-14)12-7-5-11(10-18)6-8-12/h5-10H,1-4H3. The highest BCUT2D eigenvalue weighted by Gasteiger charge is 2.22. The maximum atomic E-state index is 10.7. The first-order valence-corrected chi connectivity index (χ1v) is 6.01. The van der Waals surface area contributed by atoms with Crippen LogP contribution in [0.25, 0.3) is 11.1 Å². The van der Waals surface area contributed by atoms with Crippen LogP contribution in [-0.4, -0.2) is 16.1 Å². The second-order valence-electron chi connectivity index (χ2n) is 5.55. The Balaban J connectivity index is 2.52. The van der Waals surface area contributed by atoms with Gasteiger partial charge >= 0.3 is 0 Å². The van der Waals surface area contributed by atoms with Crippen LogP contribution in [0, 0.1) is 0 Å². The fraction of sp³-hybridized carbons (Fsp3) is 0.333. The van der Waals surface area contributed by atoms with Crippen molar-refractivity contribution >= 4 is 6.29 Å². The van der Waals surface area contributed by atoms with Crippen LogP contribution in [0.5, 0.6) is 0 Å². The summed E-state index contributed by atoms with van der Waals surface area (Å²) < 4.78 is 1.84. The van der Waals surface area contributed by atoms with Crippen molar-refractivity contribution in [3.63, 3.8) is 0 Å². The highest BCUT2D eigenvalue weighted by atomic mass is 16.1. The van der Waals surface area contributed by atoms with E-state index in [1.165, 1.54) is 0 Å². The van der Waals surface area contributed by atoms with Crippen LogP contribution in [-0.2, 0) is 12.5 Å². The van der Waals surface area contributed by atoms with Crippen LogP contribution in [0.2, 0.25) is 0 Å². The Morgan fingerprint density at radius 2 is 1.78 bits per heavy atom. The predicted molar refractivity (Wildman–Crippen MR) is 72.7 cm³/mol. The summed E-state index contributed by atoms with van der Waals surface area (Å²) >= 11 is 0. The van der Waals surface area contributed by atoms with Gasteiger partial charge in [-0.05, 0) is 5.56 Å². The summed E-state index contributed by atoms with van der Waals surface area (Å²) in [7, 11) is 1.93. The minimum atomic E-state index is -0.0000755. The molecule has 3 heteroatoms. The maximum absolute atomic E-state index is 10.7. The van der Waals surface area contributed by atoms with Gasteiger partial charge in [0.05, 0.1) is 5.69 Å². The molecule has 0 saturated heterocycles. The molecule has 0 saturated carbocycles. The van der Waals surface area contributed by atoms with E-state index in [0.29, 0.717) is 5.56 Å². The third kappa shape index (κ3) is 2.35. The van der Waals surface area contributed by atoms with Crippen molar-refractivity contribution < 1.29 is 4.79 Å². The van der Waals surface area contributed by atoms with E-state index in [1.54, 1.807) is 0 Å². The summed E-state index contributed by atoms with van der Waals surface area (Å²) in [5, 5.41) is 4.55.